The van der Waals surface area contributed by atoms with E-state index in [-0.39, 0.29) is 36.6 Å². The van der Waals surface area contributed by atoms with Gasteiger partial charge in [-0.1, -0.05) is 136 Å². The summed E-state index contributed by atoms with van der Waals surface area (Å²) in [6.07, 6.45) is 22.5. The lowest BCUT2D eigenvalue weighted by atomic mass is 9.79. The van der Waals surface area contributed by atoms with Gasteiger partial charge < -0.3 is 15.6 Å². The Labute approximate surface area is 245 Å². The third-order valence-corrected chi connectivity index (χ3v) is 7.52. The molecule has 0 aliphatic carbocycles. The molecule has 0 aromatic rings. The van der Waals surface area contributed by atoms with Crippen molar-refractivity contribution in [1.29, 1.82) is 0 Å². The highest BCUT2D eigenvalue weighted by Gasteiger charge is 2.46. The van der Waals surface area contributed by atoms with Gasteiger partial charge in [0.1, 0.15) is 0 Å². The van der Waals surface area contributed by atoms with Gasteiger partial charge in [-0.25, -0.2) is 4.79 Å². The van der Waals surface area contributed by atoms with Gasteiger partial charge in [-0.05, 0) is 19.3 Å². The minimum Gasteiger partial charge on any atom is -0.450 e. The lowest BCUT2D eigenvalue weighted by molar-refractivity contribution is -0.142. The van der Waals surface area contributed by atoms with E-state index in [1.165, 1.54) is 77.0 Å². The highest BCUT2D eigenvalue weighted by Crippen LogP contribution is 2.21. The molecule has 0 aromatic carbocycles. The van der Waals surface area contributed by atoms with Crippen LogP contribution in [-0.4, -0.2) is 41.3 Å². The Morgan fingerprint density at radius 3 is 0.900 bits per heavy atom. The van der Waals surface area contributed by atoms with Crippen LogP contribution in [0, 0.1) is 0 Å². The molecule has 0 saturated heterocycles. The van der Waals surface area contributed by atoms with Crippen molar-refractivity contribution in [1.82, 2.24) is 0 Å². The Morgan fingerprint density at radius 1 is 0.500 bits per heavy atom. The number of Topliss-reactive ketones (excluding diaryl/α,β-unsaturated/α-hetero) is 3. The van der Waals surface area contributed by atoms with Crippen LogP contribution in [0.5, 0.6) is 0 Å². The molecule has 7 nitrogen and oxygen atoms in total. The highest BCUT2D eigenvalue weighted by molar-refractivity contribution is 6.29. The van der Waals surface area contributed by atoms with E-state index in [9.17, 15) is 14.4 Å². The average molecular weight is 570 g/mol. The number of rotatable bonds is 27. The summed E-state index contributed by atoms with van der Waals surface area (Å²) in [5, 5.41) is 7.50. The van der Waals surface area contributed by atoms with Gasteiger partial charge in [-0.2, -0.15) is 0 Å². The lowest BCUT2D eigenvalue weighted by Gasteiger charge is -2.25. The van der Waals surface area contributed by atoms with Crippen LogP contribution in [0.2, 0.25) is 0 Å². The molecule has 0 aliphatic heterocycles. The minimum atomic E-state index is -1.91. The van der Waals surface area contributed by atoms with Crippen LogP contribution in [-0.2, 0) is 19.1 Å². The van der Waals surface area contributed by atoms with Crippen LogP contribution in [0.15, 0.2) is 0 Å². The summed E-state index contributed by atoms with van der Waals surface area (Å²) in [5.74, 6) is -1.02. The van der Waals surface area contributed by atoms with Gasteiger partial charge in [0, 0.05) is 19.3 Å². The second kappa shape index (κ2) is 28.8. The summed E-state index contributed by atoms with van der Waals surface area (Å²) >= 11 is 0. The van der Waals surface area contributed by atoms with E-state index < -0.39 is 11.7 Å². The van der Waals surface area contributed by atoms with Gasteiger partial charge in [0.2, 0.25) is 0 Å². The van der Waals surface area contributed by atoms with Gasteiger partial charge in [-0.15, -0.1) is 0 Å². The van der Waals surface area contributed by atoms with Gasteiger partial charge in [0.25, 0.3) is 0 Å². The number of ether oxygens (including phenoxy) is 1. The minimum absolute atomic E-state index is 0.246. The Balaban J connectivity index is 0. The molecule has 0 bridgehead atoms. The van der Waals surface area contributed by atoms with E-state index in [0.717, 1.165) is 64.9 Å². The third-order valence-electron chi connectivity index (χ3n) is 7.52. The SMILES string of the molecule is CCCCCCCCCC(=O)C(N)(C(=O)CCCCCCCCC)C(=O)CCCCCCCCC.COC(=O)O. The normalized spacial score (nSPS) is 11.0. The van der Waals surface area contributed by atoms with Crippen molar-refractivity contribution in [3.63, 3.8) is 0 Å². The first-order valence-electron chi connectivity index (χ1n) is 16.4. The van der Waals surface area contributed by atoms with Crippen molar-refractivity contribution in [3.8, 4) is 0 Å². The van der Waals surface area contributed by atoms with Crippen molar-refractivity contribution in [2.45, 2.75) is 180 Å². The second-order valence-electron chi connectivity index (χ2n) is 11.2. The summed E-state index contributed by atoms with van der Waals surface area (Å²) in [5.41, 5.74) is 4.51. The predicted molar refractivity (Wildman–Crippen MR) is 165 cm³/mol. The number of ketones is 3. The number of unbranched alkanes of at least 4 members (excludes halogenated alkanes) is 18. The zero-order chi connectivity index (χ0) is 30.5. The molecule has 40 heavy (non-hydrogen) atoms. The maximum atomic E-state index is 13.1. The first-order chi connectivity index (χ1) is 19.2. The molecule has 0 fully saturated rings. The van der Waals surface area contributed by atoms with E-state index in [2.05, 4.69) is 25.5 Å². The molecule has 0 radical (unpaired) electrons. The van der Waals surface area contributed by atoms with Crippen LogP contribution in [0.3, 0.4) is 0 Å². The average Bonchev–Trinajstić information content (AvgIpc) is 2.95. The fraction of sp³-hybridized carbons (Fsp3) is 0.879. The number of nitrogens with two attached hydrogens (primary N) is 1. The molecule has 0 atom stereocenters. The van der Waals surface area contributed by atoms with Crippen LogP contribution in [0.1, 0.15) is 175 Å². The topological polar surface area (TPSA) is 124 Å². The molecule has 0 rings (SSSR count). The molecule has 0 saturated carbocycles. The summed E-state index contributed by atoms with van der Waals surface area (Å²) in [7, 11) is 1.10. The maximum absolute atomic E-state index is 13.1. The number of carbonyl (C=O) groups is 4. The Hall–Kier alpha value is -1.76. The highest BCUT2D eigenvalue weighted by atomic mass is 16.6. The van der Waals surface area contributed by atoms with E-state index in [4.69, 9.17) is 15.6 Å². The number of hydrogen-bond acceptors (Lipinski definition) is 6. The molecule has 7 heteroatoms. The molecule has 0 amide bonds. The molecular weight excluding hydrogens is 506 g/mol. The Morgan fingerprint density at radius 2 is 0.700 bits per heavy atom. The fourth-order valence-electron chi connectivity index (χ4n) is 4.79. The largest absolute Gasteiger partial charge is 0.505 e. The lowest BCUT2D eigenvalue weighted by Crippen LogP contribution is -2.61. The molecule has 236 valence electrons. The van der Waals surface area contributed by atoms with Crippen molar-refractivity contribution < 1.29 is 29.0 Å². The van der Waals surface area contributed by atoms with E-state index in [0.29, 0.717) is 0 Å². The van der Waals surface area contributed by atoms with Crippen molar-refractivity contribution in [3.05, 3.63) is 0 Å². The molecule has 0 aromatic heterocycles. The summed E-state index contributed by atoms with van der Waals surface area (Å²) in [4.78, 5) is 48.5. The Kier molecular flexibility index (Phi) is 29.0. The molecule has 0 aliphatic rings. The zero-order valence-electron chi connectivity index (χ0n) is 26.5. The molecular formula is C33H63NO6. The second-order valence-corrected chi connectivity index (χ2v) is 11.2. The van der Waals surface area contributed by atoms with E-state index >= 15 is 0 Å². The number of carbonyl (C=O) groups excluding carboxylic acids is 3. The molecule has 0 spiro atoms. The third kappa shape index (κ3) is 22.0. The van der Waals surface area contributed by atoms with Gasteiger partial charge >= 0.3 is 6.16 Å². The molecule has 0 heterocycles. The summed E-state index contributed by atoms with van der Waals surface area (Å²) in [6.45, 7) is 6.60. The molecule has 3 N–H and O–H groups in total. The van der Waals surface area contributed by atoms with Crippen LogP contribution in [0.25, 0.3) is 0 Å². The zero-order valence-corrected chi connectivity index (χ0v) is 26.5. The monoisotopic (exact) mass is 569 g/mol. The van der Waals surface area contributed by atoms with Gasteiger partial charge in [0.05, 0.1) is 7.11 Å². The number of methoxy groups -OCH3 is 1. The smallest absolute Gasteiger partial charge is 0.450 e. The first-order valence-corrected chi connectivity index (χ1v) is 16.4. The summed E-state index contributed by atoms with van der Waals surface area (Å²) in [6, 6.07) is 0. The van der Waals surface area contributed by atoms with Crippen molar-refractivity contribution >= 4 is 23.5 Å². The van der Waals surface area contributed by atoms with Gasteiger partial charge in [-0.3, -0.25) is 14.4 Å². The predicted octanol–water partition coefficient (Wildman–Crippen LogP) is 9.12. The van der Waals surface area contributed by atoms with Gasteiger partial charge in [0.15, 0.2) is 22.9 Å². The fourth-order valence-corrected chi connectivity index (χ4v) is 4.79. The standard InChI is InChI=1S/C31H59NO3.C2H4O3/c1-4-7-10-13-16-19-22-25-28(33)31(32,29(34)26-23-20-17-14-11-8-5-2)30(35)27-24-21-18-15-12-9-6-3;1-5-2(3)4/h4-27,32H2,1-3H3;1H3,(H,3,4). The van der Waals surface area contributed by atoms with Crippen LogP contribution in [0.4, 0.5) is 4.79 Å². The maximum Gasteiger partial charge on any atom is 0.505 e. The molecule has 0 unspecified atom stereocenters. The number of carboxylic acid groups (broad SMARTS) is 1. The quantitative estimate of drug-likeness (QED) is 0.0574. The Bertz CT molecular complexity index is 575. The number of hydrogen-bond donors (Lipinski definition) is 2. The van der Waals surface area contributed by atoms with Crippen LogP contribution >= 0.6 is 0 Å². The first kappa shape index (κ1) is 40.4. The summed E-state index contributed by atoms with van der Waals surface area (Å²) < 4.78 is 3.67. The van der Waals surface area contributed by atoms with Crippen molar-refractivity contribution in [2.75, 3.05) is 7.11 Å². The van der Waals surface area contributed by atoms with Crippen molar-refractivity contribution in [2.24, 2.45) is 5.73 Å². The van der Waals surface area contributed by atoms with E-state index in [1.807, 2.05) is 0 Å². The van der Waals surface area contributed by atoms with E-state index in [1.54, 1.807) is 0 Å². The van der Waals surface area contributed by atoms with Crippen LogP contribution < -0.4 is 5.73 Å².